The number of sulfonamides is 1. The zero-order valence-electron chi connectivity index (χ0n) is 18.3. The minimum absolute atomic E-state index is 0. The van der Waals surface area contributed by atoms with Gasteiger partial charge in [-0.25, -0.2) is 8.42 Å². The van der Waals surface area contributed by atoms with Crippen LogP contribution in [0.1, 0.15) is 0 Å². The van der Waals surface area contributed by atoms with Crippen LogP contribution in [0.15, 0.2) is 98.9 Å². The molecule has 0 radical (unpaired) electrons. The number of nitrogens with two attached hydrogens (primary N) is 1. The molecule has 0 unspecified atom stereocenters. The normalized spacial score (nSPS) is 11.9. The molecule has 0 saturated heterocycles. The van der Waals surface area contributed by atoms with Crippen LogP contribution < -0.4 is 45.1 Å². The third kappa shape index (κ3) is 6.17. The van der Waals surface area contributed by atoms with Gasteiger partial charge in [0.2, 0.25) is 0 Å². The Morgan fingerprint density at radius 1 is 0.829 bits per heavy atom. The first-order chi connectivity index (χ1) is 16.0. The van der Waals surface area contributed by atoms with Crippen molar-refractivity contribution in [2.45, 2.75) is 9.79 Å². The maximum absolute atomic E-state index is 12.5. The van der Waals surface area contributed by atoms with E-state index in [0.717, 1.165) is 12.1 Å². The number of rotatable bonds is 6. The van der Waals surface area contributed by atoms with E-state index in [1.165, 1.54) is 36.4 Å². The van der Waals surface area contributed by atoms with Gasteiger partial charge in [0.15, 0.2) is 0 Å². The molecule has 0 spiro atoms. The Bertz CT molecular complexity index is 1630. The van der Waals surface area contributed by atoms with Crippen molar-refractivity contribution < 1.29 is 56.1 Å². The molecule has 4 aromatic rings. The average molecular weight is 521 g/mol. The van der Waals surface area contributed by atoms with Gasteiger partial charge in [-0.05, 0) is 71.4 Å². The second-order valence-electron chi connectivity index (χ2n) is 7.19. The van der Waals surface area contributed by atoms with Crippen molar-refractivity contribution >= 4 is 53.7 Å². The molecule has 35 heavy (non-hydrogen) atoms. The summed E-state index contributed by atoms with van der Waals surface area (Å²) < 4.78 is 59.5. The van der Waals surface area contributed by atoms with Crippen LogP contribution in [0.25, 0.3) is 10.8 Å². The number of fused-ring (bicyclic) bond motifs is 1. The summed E-state index contributed by atoms with van der Waals surface area (Å²) in [4.78, 5) is -0.514. The van der Waals surface area contributed by atoms with Gasteiger partial charge in [-0.2, -0.15) is 13.5 Å². The molecular weight excluding hydrogens is 503 g/mol. The van der Waals surface area contributed by atoms with Crippen LogP contribution in [-0.4, -0.2) is 21.4 Å². The number of nitrogens with zero attached hydrogens (tertiary/aromatic N) is 2. The summed E-state index contributed by atoms with van der Waals surface area (Å²) in [5.41, 5.74) is 6.98. The van der Waals surface area contributed by atoms with Crippen LogP contribution in [0.2, 0.25) is 0 Å². The van der Waals surface area contributed by atoms with Crippen LogP contribution in [0, 0.1) is 0 Å². The first-order valence-corrected chi connectivity index (χ1v) is 12.6. The van der Waals surface area contributed by atoms with Crippen molar-refractivity contribution in [1.29, 1.82) is 0 Å². The Balaban J connectivity index is 0.00000342. The van der Waals surface area contributed by atoms with Gasteiger partial charge in [-0.1, -0.05) is 23.9 Å². The maximum Gasteiger partial charge on any atom is 1.00 e. The van der Waals surface area contributed by atoms with Crippen molar-refractivity contribution in [3.05, 3.63) is 78.9 Å². The number of hydrogen-bond donors (Lipinski definition) is 3. The van der Waals surface area contributed by atoms with Crippen LogP contribution in [0.4, 0.5) is 22.7 Å². The Hall–Kier alpha value is -3.00. The second kappa shape index (κ2) is 10.3. The van der Waals surface area contributed by atoms with Gasteiger partial charge in [0.25, 0.3) is 20.1 Å². The minimum atomic E-state index is -4.57. The third-order valence-corrected chi connectivity index (χ3v) is 7.01. The standard InChI is InChI=1S/C22H18N4O6S2.Na/c23-20-13-19-14(10-18(12-22(19)27)34(30,31)32)11-21(20)25-24-15-6-8-17(9-7-15)33(28,29)26-16-4-2-1-3-5-16;/h1-13,26-27H,23H2,(H,30,31,32);/q;+1/p-1. The first-order valence-electron chi connectivity index (χ1n) is 9.64. The van der Waals surface area contributed by atoms with Crippen molar-refractivity contribution in [1.82, 2.24) is 0 Å². The van der Waals surface area contributed by atoms with Gasteiger partial charge in [-0.3, -0.25) is 9.27 Å². The Kier molecular flexibility index (Phi) is 7.84. The fraction of sp³-hybridized carbons (Fsp3) is 0. The van der Waals surface area contributed by atoms with E-state index in [4.69, 9.17) is 5.73 Å². The molecule has 4 aromatic carbocycles. The van der Waals surface area contributed by atoms with Crippen LogP contribution in [0.5, 0.6) is 5.75 Å². The van der Waals surface area contributed by atoms with E-state index in [-0.39, 0.29) is 56.6 Å². The van der Waals surface area contributed by atoms with Crippen molar-refractivity contribution in [3.8, 4) is 5.75 Å². The Morgan fingerprint density at radius 2 is 1.49 bits per heavy atom. The Labute approximate surface area is 223 Å². The van der Waals surface area contributed by atoms with E-state index in [1.807, 2.05) is 0 Å². The third-order valence-electron chi connectivity index (χ3n) is 4.78. The number of hydrogen-bond acceptors (Lipinski definition) is 8. The number of nitrogens with one attached hydrogen (secondary N) is 1. The zero-order valence-corrected chi connectivity index (χ0v) is 21.9. The van der Waals surface area contributed by atoms with E-state index < -0.39 is 30.8 Å². The molecule has 0 aliphatic rings. The summed E-state index contributed by atoms with van der Waals surface area (Å²) in [6.45, 7) is 0. The van der Waals surface area contributed by atoms with Crippen molar-refractivity contribution in [2.24, 2.45) is 10.2 Å². The topological polar surface area (TPSA) is 174 Å². The SMILES string of the molecule is Nc1cc2c([O-])cc(S(=O)(=O)O)cc2cc1N=Nc1ccc(S(=O)(=O)Nc2ccccc2)cc1.[Na+]. The summed E-state index contributed by atoms with van der Waals surface area (Å²) >= 11 is 0. The molecule has 0 heterocycles. The monoisotopic (exact) mass is 520 g/mol. The molecule has 0 atom stereocenters. The van der Waals surface area contributed by atoms with E-state index in [1.54, 1.807) is 30.3 Å². The van der Waals surface area contributed by atoms with Crippen LogP contribution in [0.3, 0.4) is 0 Å². The molecule has 4 rings (SSSR count). The summed E-state index contributed by atoms with van der Waals surface area (Å²) in [6, 6.07) is 18.7. The summed E-state index contributed by atoms with van der Waals surface area (Å²) in [5, 5.41) is 20.6. The fourth-order valence-corrected chi connectivity index (χ4v) is 4.71. The molecule has 4 N–H and O–H groups in total. The molecule has 0 amide bonds. The quantitative estimate of drug-likeness (QED) is 0.147. The van der Waals surface area contributed by atoms with Crippen LogP contribution in [-0.2, 0) is 20.1 Å². The summed E-state index contributed by atoms with van der Waals surface area (Å²) in [7, 11) is -8.36. The van der Waals surface area contributed by atoms with Gasteiger partial charge in [0.1, 0.15) is 5.69 Å². The molecule has 13 heteroatoms. The average Bonchev–Trinajstić information content (AvgIpc) is 2.78. The smallest absolute Gasteiger partial charge is 0.872 e. The van der Waals surface area contributed by atoms with Crippen molar-refractivity contribution in [3.63, 3.8) is 0 Å². The number of azo groups is 1. The molecule has 10 nitrogen and oxygen atoms in total. The predicted octanol–water partition coefficient (Wildman–Crippen LogP) is 0.962. The Morgan fingerprint density at radius 3 is 2.11 bits per heavy atom. The van der Waals surface area contributed by atoms with Crippen molar-refractivity contribution in [2.75, 3.05) is 10.5 Å². The molecule has 0 saturated carbocycles. The largest absolute Gasteiger partial charge is 1.00 e. The fourth-order valence-electron chi connectivity index (χ4n) is 3.12. The molecule has 0 aromatic heterocycles. The maximum atomic E-state index is 12.5. The first kappa shape index (κ1) is 26.6. The van der Waals surface area contributed by atoms with E-state index in [2.05, 4.69) is 15.0 Å². The molecule has 0 bridgehead atoms. The van der Waals surface area contributed by atoms with Gasteiger partial charge in [0.05, 0.1) is 21.2 Å². The minimum Gasteiger partial charge on any atom is -0.872 e. The molecule has 0 fully saturated rings. The number of para-hydroxylation sites is 1. The molecular formula is C22H17N4NaO6S2. The van der Waals surface area contributed by atoms with E-state index in [0.29, 0.717) is 11.4 Å². The molecule has 0 aliphatic heterocycles. The number of nitrogen functional groups attached to an aromatic ring is 1. The van der Waals surface area contributed by atoms with E-state index in [9.17, 15) is 26.5 Å². The van der Waals surface area contributed by atoms with E-state index >= 15 is 0 Å². The second-order valence-corrected chi connectivity index (χ2v) is 10.3. The van der Waals surface area contributed by atoms with Gasteiger partial charge in [0, 0.05) is 5.69 Å². The molecule has 0 aliphatic carbocycles. The van der Waals surface area contributed by atoms with Gasteiger partial charge >= 0.3 is 29.6 Å². The van der Waals surface area contributed by atoms with Gasteiger partial charge in [-0.15, -0.1) is 5.11 Å². The summed E-state index contributed by atoms with van der Waals surface area (Å²) in [5.74, 6) is -0.624. The summed E-state index contributed by atoms with van der Waals surface area (Å²) in [6.07, 6.45) is 0. The van der Waals surface area contributed by atoms with Gasteiger partial charge < -0.3 is 10.8 Å². The number of benzene rings is 4. The number of anilines is 2. The van der Waals surface area contributed by atoms with Crippen LogP contribution >= 0.6 is 0 Å². The zero-order chi connectivity index (χ0) is 24.5. The predicted molar refractivity (Wildman–Crippen MR) is 125 cm³/mol. The molecule has 174 valence electrons.